The number of hydrogen-bond donors (Lipinski definition) is 0. The Hall–Kier alpha value is 0.300. The van der Waals surface area contributed by atoms with Gasteiger partial charge in [-0.25, -0.2) is 0 Å². The minimum atomic E-state index is -3.59. The molecule has 0 aromatic rings. The lowest BCUT2D eigenvalue weighted by atomic mass is 10.3. The summed E-state index contributed by atoms with van der Waals surface area (Å²) in [6.07, 6.45) is -0.279. The molecule has 0 saturated carbocycles. The molecule has 0 aromatic heterocycles. The minimum Gasteiger partial charge on any atom is -0.306 e. The second-order valence-corrected chi connectivity index (χ2v) is 10.7. The third-order valence-electron chi connectivity index (χ3n) is 2.84. The van der Waals surface area contributed by atoms with E-state index in [9.17, 15) is 9.13 Å². The standard InChI is InChI=1S/C13H28O6P2/c1-10(2)16-20(14)9-8-13(7,19-20)21(15,17-11(3)4)18-12(5)6/h10-12H,8-9H2,1-7H3. The summed E-state index contributed by atoms with van der Waals surface area (Å²) in [5.41, 5.74) is 0. The van der Waals surface area contributed by atoms with E-state index in [1.54, 1.807) is 48.5 Å². The van der Waals surface area contributed by atoms with Crippen LogP contribution in [0.5, 0.6) is 0 Å². The Morgan fingerprint density at radius 2 is 1.52 bits per heavy atom. The molecule has 1 heterocycles. The van der Waals surface area contributed by atoms with Gasteiger partial charge in [0.05, 0.1) is 24.5 Å². The maximum absolute atomic E-state index is 13.2. The van der Waals surface area contributed by atoms with Gasteiger partial charge in [-0.3, -0.25) is 13.7 Å². The molecule has 1 aliphatic rings. The first-order chi connectivity index (χ1) is 9.41. The fourth-order valence-corrected chi connectivity index (χ4v) is 7.33. The van der Waals surface area contributed by atoms with Crippen LogP contribution in [0.1, 0.15) is 54.9 Å². The summed E-state index contributed by atoms with van der Waals surface area (Å²) in [6, 6.07) is 0. The SMILES string of the molecule is CC(C)OP1(=O)CCC(C)(P(=O)(OC(C)C)OC(C)C)O1. The van der Waals surface area contributed by atoms with Crippen LogP contribution in [0.4, 0.5) is 0 Å². The van der Waals surface area contributed by atoms with Crippen molar-refractivity contribution in [3.05, 3.63) is 0 Å². The highest BCUT2D eigenvalue weighted by atomic mass is 31.2. The second-order valence-electron chi connectivity index (χ2n) is 6.31. The molecule has 2 atom stereocenters. The number of hydrogen-bond acceptors (Lipinski definition) is 6. The molecule has 0 amide bonds. The van der Waals surface area contributed by atoms with E-state index in [4.69, 9.17) is 18.1 Å². The van der Waals surface area contributed by atoms with E-state index in [2.05, 4.69) is 0 Å². The van der Waals surface area contributed by atoms with E-state index in [1.165, 1.54) is 0 Å². The fraction of sp³-hybridized carbons (Fsp3) is 1.00. The molecule has 0 spiro atoms. The lowest BCUT2D eigenvalue weighted by Gasteiger charge is -2.34. The van der Waals surface area contributed by atoms with E-state index in [-0.39, 0.29) is 24.5 Å². The van der Waals surface area contributed by atoms with Crippen molar-refractivity contribution >= 4 is 15.2 Å². The molecular weight excluding hydrogens is 314 g/mol. The van der Waals surface area contributed by atoms with E-state index in [0.29, 0.717) is 6.42 Å². The van der Waals surface area contributed by atoms with Crippen molar-refractivity contribution in [3.8, 4) is 0 Å². The van der Waals surface area contributed by atoms with Crippen LogP contribution >= 0.6 is 15.2 Å². The summed E-state index contributed by atoms with van der Waals surface area (Å²) in [5, 5.41) is -1.24. The van der Waals surface area contributed by atoms with Crippen molar-refractivity contribution in [2.24, 2.45) is 0 Å². The monoisotopic (exact) mass is 342 g/mol. The summed E-state index contributed by atoms with van der Waals surface area (Å²) in [6.45, 7) is 12.3. The molecule has 2 unspecified atom stereocenters. The molecule has 0 aromatic carbocycles. The van der Waals surface area contributed by atoms with Gasteiger partial charge in [0, 0.05) is 0 Å². The summed E-state index contributed by atoms with van der Waals surface area (Å²) in [5.74, 6) is 0. The predicted octanol–water partition coefficient (Wildman–Crippen LogP) is 4.78. The van der Waals surface area contributed by atoms with Crippen LogP contribution in [0.2, 0.25) is 0 Å². The van der Waals surface area contributed by atoms with Crippen LogP contribution in [-0.2, 0) is 27.2 Å². The minimum absolute atomic E-state index is 0.217. The van der Waals surface area contributed by atoms with E-state index < -0.39 is 20.5 Å². The molecule has 0 bridgehead atoms. The molecule has 1 saturated heterocycles. The molecule has 0 aliphatic carbocycles. The van der Waals surface area contributed by atoms with Crippen LogP contribution in [-0.4, -0.2) is 29.8 Å². The topological polar surface area (TPSA) is 71.1 Å². The average molecular weight is 342 g/mol. The van der Waals surface area contributed by atoms with E-state index in [0.717, 1.165) is 0 Å². The molecule has 8 heteroatoms. The molecular formula is C13H28O6P2. The van der Waals surface area contributed by atoms with Gasteiger partial charge in [0.2, 0.25) is 0 Å². The number of rotatable bonds is 7. The van der Waals surface area contributed by atoms with E-state index >= 15 is 0 Å². The van der Waals surface area contributed by atoms with Crippen LogP contribution in [0.25, 0.3) is 0 Å². The Labute approximate surface area is 127 Å². The first kappa shape index (κ1) is 19.3. The van der Waals surface area contributed by atoms with Gasteiger partial charge in [0.25, 0.3) is 0 Å². The second kappa shape index (κ2) is 6.82. The van der Waals surface area contributed by atoms with Crippen molar-refractivity contribution in [1.29, 1.82) is 0 Å². The Bertz CT molecular complexity index is 434. The Morgan fingerprint density at radius 1 is 1.05 bits per heavy atom. The predicted molar refractivity (Wildman–Crippen MR) is 82.9 cm³/mol. The van der Waals surface area contributed by atoms with Crippen LogP contribution < -0.4 is 0 Å². The van der Waals surface area contributed by atoms with Gasteiger partial charge in [0.1, 0.15) is 0 Å². The first-order valence-electron chi connectivity index (χ1n) is 7.36. The van der Waals surface area contributed by atoms with Gasteiger partial charge in [-0.2, -0.15) is 0 Å². The Morgan fingerprint density at radius 3 is 1.90 bits per heavy atom. The van der Waals surface area contributed by atoms with Gasteiger partial charge in [0.15, 0.2) is 5.34 Å². The maximum Gasteiger partial charge on any atom is 0.362 e. The van der Waals surface area contributed by atoms with Gasteiger partial charge < -0.3 is 13.6 Å². The van der Waals surface area contributed by atoms with Gasteiger partial charge in [-0.15, -0.1) is 0 Å². The zero-order valence-electron chi connectivity index (χ0n) is 14.0. The van der Waals surface area contributed by atoms with Crippen LogP contribution in [0, 0.1) is 0 Å². The highest BCUT2D eigenvalue weighted by molar-refractivity contribution is 7.59. The van der Waals surface area contributed by atoms with Crippen molar-refractivity contribution < 1.29 is 27.2 Å². The molecule has 0 radical (unpaired) electrons. The highest BCUT2D eigenvalue weighted by Gasteiger charge is 2.58. The van der Waals surface area contributed by atoms with Crippen molar-refractivity contribution in [2.45, 2.75) is 78.5 Å². The third-order valence-corrected chi connectivity index (χ3v) is 8.05. The Balaban J connectivity index is 3.03. The van der Waals surface area contributed by atoms with Gasteiger partial charge >= 0.3 is 15.2 Å². The molecule has 0 N–H and O–H groups in total. The van der Waals surface area contributed by atoms with Gasteiger partial charge in [-0.1, -0.05) is 0 Å². The molecule has 126 valence electrons. The average Bonchev–Trinajstić information content (AvgIpc) is 2.52. The molecule has 1 rings (SSSR count). The zero-order chi connectivity index (χ0) is 16.5. The maximum atomic E-state index is 13.2. The first-order valence-corrected chi connectivity index (χ1v) is 10.6. The van der Waals surface area contributed by atoms with Crippen molar-refractivity contribution in [3.63, 3.8) is 0 Å². The smallest absolute Gasteiger partial charge is 0.306 e. The Kier molecular flexibility index (Phi) is 6.28. The van der Waals surface area contributed by atoms with Crippen LogP contribution in [0.15, 0.2) is 0 Å². The van der Waals surface area contributed by atoms with Crippen molar-refractivity contribution in [1.82, 2.24) is 0 Å². The normalized spacial score (nSPS) is 30.8. The molecule has 1 aliphatic heterocycles. The highest BCUT2D eigenvalue weighted by Crippen LogP contribution is 2.73. The summed E-state index contributed by atoms with van der Waals surface area (Å²) in [4.78, 5) is 0. The molecule has 6 nitrogen and oxygen atoms in total. The van der Waals surface area contributed by atoms with Crippen molar-refractivity contribution in [2.75, 3.05) is 6.16 Å². The summed E-state index contributed by atoms with van der Waals surface area (Å²) >= 11 is 0. The van der Waals surface area contributed by atoms with Gasteiger partial charge in [-0.05, 0) is 54.9 Å². The van der Waals surface area contributed by atoms with Crippen LogP contribution in [0.3, 0.4) is 0 Å². The molecule has 1 fully saturated rings. The fourth-order valence-electron chi connectivity index (χ4n) is 2.12. The summed E-state index contributed by atoms with van der Waals surface area (Å²) < 4.78 is 47.9. The lowest BCUT2D eigenvalue weighted by molar-refractivity contribution is 0.0663. The quantitative estimate of drug-likeness (QED) is 0.620. The summed E-state index contributed by atoms with van der Waals surface area (Å²) in [7, 11) is -6.85. The zero-order valence-corrected chi connectivity index (χ0v) is 15.8. The van der Waals surface area contributed by atoms with E-state index in [1.807, 2.05) is 0 Å². The third kappa shape index (κ3) is 4.89. The molecule has 21 heavy (non-hydrogen) atoms. The lowest BCUT2D eigenvalue weighted by Crippen LogP contribution is -2.28. The largest absolute Gasteiger partial charge is 0.362 e.